The van der Waals surface area contributed by atoms with Crippen molar-refractivity contribution < 1.29 is 14.5 Å². The standard InChI is InChI=1S/C18H10N4O4/c23-17-13-3-1-2-12-15(22(25)26)5-4-14(16(12)13)18(24)21(17)20-10-11-6-8-19-9-7-11/h1-10H. The lowest BCUT2D eigenvalue weighted by molar-refractivity contribution is -0.383. The maximum Gasteiger partial charge on any atom is 0.282 e. The fourth-order valence-electron chi connectivity index (χ4n) is 2.91. The molecule has 0 unspecified atom stereocenters. The second kappa shape index (κ2) is 5.85. The third kappa shape index (κ3) is 2.32. The highest BCUT2D eigenvalue weighted by atomic mass is 16.6. The number of benzene rings is 2. The molecular weight excluding hydrogens is 336 g/mol. The molecule has 2 amide bonds. The fraction of sp³-hybridized carbons (Fsp3) is 0. The summed E-state index contributed by atoms with van der Waals surface area (Å²) in [6.45, 7) is 0. The molecule has 0 radical (unpaired) electrons. The number of non-ortho nitro benzene ring substituents is 1. The van der Waals surface area contributed by atoms with E-state index in [4.69, 9.17) is 0 Å². The molecule has 2 heterocycles. The van der Waals surface area contributed by atoms with Crippen LogP contribution in [0.15, 0.2) is 60.0 Å². The van der Waals surface area contributed by atoms with Gasteiger partial charge < -0.3 is 0 Å². The molecule has 3 aromatic rings. The Kier molecular flexibility index (Phi) is 3.51. The number of carbonyl (C=O) groups excluding carboxylic acids is 2. The molecule has 0 aliphatic carbocycles. The highest BCUT2D eigenvalue weighted by molar-refractivity contribution is 6.26. The number of pyridine rings is 1. The molecule has 1 aromatic heterocycles. The maximum atomic E-state index is 12.7. The van der Waals surface area contributed by atoms with E-state index in [1.54, 1.807) is 30.6 Å². The van der Waals surface area contributed by atoms with Crippen molar-refractivity contribution in [1.82, 2.24) is 9.99 Å². The van der Waals surface area contributed by atoms with Gasteiger partial charge in [0.1, 0.15) is 0 Å². The Balaban J connectivity index is 1.86. The number of nitro groups is 1. The summed E-state index contributed by atoms with van der Waals surface area (Å²) >= 11 is 0. The zero-order chi connectivity index (χ0) is 18.3. The molecule has 2 aromatic carbocycles. The van der Waals surface area contributed by atoms with Crippen LogP contribution in [0.5, 0.6) is 0 Å². The lowest BCUT2D eigenvalue weighted by Gasteiger charge is -2.22. The van der Waals surface area contributed by atoms with E-state index < -0.39 is 16.7 Å². The summed E-state index contributed by atoms with van der Waals surface area (Å²) in [5.41, 5.74) is 0.925. The third-order valence-corrected chi connectivity index (χ3v) is 4.09. The van der Waals surface area contributed by atoms with Gasteiger partial charge in [-0.15, -0.1) is 0 Å². The van der Waals surface area contributed by atoms with Gasteiger partial charge in [-0.25, -0.2) is 0 Å². The average Bonchev–Trinajstić information content (AvgIpc) is 2.66. The van der Waals surface area contributed by atoms with Gasteiger partial charge in [0.25, 0.3) is 17.5 Å². The van der Waals surface area contributed by atoms with Crippen molar-refractivity contribution in [2.45, 2.75) is 0 Å². The molecule has 26 heavy (non-hydrogen) atoms. The van der Waals surface area contributed by atoms with Gasteiger partial charge in [-0.1, -0.05) is 6.07 Å². The molecule has 0 saturated carbocycles. The summed E-state index contributed by atoms with van der Waals surface area (Å²) in [7, 11) is 0. The highest BCUT2D eigenvalue weighted by Crippen LogP contribution is 2.35. The molecular formula is C18H10N4O4. The second-order valence-corrected chi connectivity index (χ2v) is 5.56. The van der Waals surface area contributed by atoms with E-state index in [-0.39, 0.29) is 27.6 Å². The van der Waals surface area contributed by atoms with Crippen molar-refractivity contribution in [2.24, 2.45) is 5.10 Å². The van der Waals surface area contributed by atoms with E-state index >= 15 is 0 Å². The summed E-state index contributed by atoms with van der Waals surface area (Å²) < 4.78 is 0. The number of hydrogen-bond acceptors (Lipinski definition) is 6. The zero-order valence-electron chi connectivity index (χ0n) is 13.2. The van der Waals surface area contributed by atoms with Gasteiger partial charge in [0, 0.05) is 23.8 Å². The van der Waals surface area contributed by atoms with Crippen LogP contribution in [0.1, 0.15) is 26.3 Å². The van der Waals surface area contributed by atoms with Crippen LogP contribution in [0, 0.1) is 10.1 Å². The molecule has 8 heteroatoms. The minimum absolute atomic E-state index is 0.153. The van der Waals surface area contributed by atoms with Gasteiger partial charge in [0.2, 0.25) is 0 Å². The Morgan fingerprint density at radius 3 is 2.38 bits per heavy atom. The first-order valence-corrected chi connectivity index (χ1v) is 7.61. The van der Waals surface area contributed by atoms with Crippen LogP contribution in [-0.4, -0.2) is 32.9 Å². The number of aromatic nitrogens is 1. The lowest BCUT2D eigenvalue weighted by Crippen LogP contribution is -2.36. The van der Waals surface area contributed by atoms with E-state index in [1.165, 1.54) is 30.5 Å². The molecule has 0 atom stereocenters. The molecule has 0 fully saturated rings. The molecule has 1 aliphatic rings. The smallest absolute Gasteiger partial charge is 0.267 e. The van der Waals surface area contributed by atoms with Crippen LogP contribution in [0.25, 0.3) is 10.8 Å². The van der Waals surface area contributed by atoms with Crippen LogP contribution in [0.2, 0.25) is 0 Å². The Morgan fingerprint density at radius 2 is 1.69 bits per heavy atom. The Hall–Kier alpha value is -3.94. The number of carbonyl (C=O) groups is 2. The molecule has 0 saturated heterocycles. The topological polar surface area (TPSA) is 106 Å². The van der Waals surface area contributed by atoms with Crippen LogP contribution in [0.4, 0.5) is 5.69 Å². The summed E-state index contributed by atoms with van der Waals surface area (Å²) in [6.07, 6.45) is 4.51. The third-order valence-electron chi connectivity index (χ3n) is 4.09. The minimum Gasteiger partial charge on any atom is -0.267 e. The first-order chi connectivity index (χ1) is 12.6. The van der Waals surface area contributed by atoms with E-state index in [9.17, 15) is 19.7 Å². The van der Waals surface area contributed by atoms with Crippen molar-refractivity contribution in [2.75, 3.05) is 0 Å². The van der Waals surface area contributed by atoms with Crippen LogP contribution in [0.3, 0.4) is 0 Å². The summed E-state index contributed by atoms with van der Waals surface area (Å²) in [4.78, 5) is 40.0. The van der Waals surface area contributed by atoms with E-state index in [2.05, 4.69) is 10.1 Å². The first kappa shape index (κ1) is 15.6. The molecule has 0 N–H and O–H groups in total. The Morgan fingerprint density at radius 1 is 1.00 bits per heavy atom. The van der Waals surface area contributed by atoms with E-state index in [1.807, 2.05) is 0 Å². The zero-order valence-corrected chi connectivity index (χ0v) is 13.2. The van der Waals surface area contributed by atoms with Gasteiger partial charge in [-0.3, -0.25) is 24.7 Å². The summed E-state index contributed by atoms with van der Waals surface area (Å²) in [5, 5.41) is 16.5. The van der Waals surface area contributed by atoms with E-state index in [0.717, 1.165) is 5.01 Å². The molecule has 0 spiro atoms. The summed E-state index contributed by atoms with van der Waals surface area (Å²) in [6, 6.07) is 10.6. The van der Waals surface area contributed by atoms with Crippen LogP contribution in [-0.2, 0) is 0 Å². The van der Waals surface area contributed by atoms with Crippen molar-refractivity contribution in [3.05, 3.63) is 81.7 Å². The second-order valence-electron chi connectivity index (χ2n) is 5.56. The Labute approximate surface area is 146 Å². The van der Waals surface area contributed by atoms with Crippen molar-refractivity contribution in [3.8, 4) is 0 Å². The largest absolute Gasteiger partial charge is 0.282 e. The van der Waals surface area contributed by atoms with Crippen LogP contribution >= 0.6 is 0 Å². The molecule has 0 bridgehead atoms. The molecule has 4 rings (SSSR count). The quantitative estimate of drug-likeness (QED) is 0.314. The van der Waals surface area contributed by atoms with Gasteiger partial charge in [-0.05, 0) is 35.9 Å². The number of rotatable bonds is 3. The van der Waals surface area contributed by atoms with Crippen molar-refractivity contribution >= 4 is 34.5 Å². The van der Waals surface area contributed by atoms with Crippen molar-refractivity contribution in [3.63, 3.8) is 0 Å². The van der Waals surface area contributed by atoms with E-state index in [0.29, 0.717) is 5.56 Å². The number of hydrogen-bond donors (Lipinski definition) is 0. The normalized spacial score (nSPS) is 13.6. The molecule has 126 valence electrons. The Bertz CT molecular complexity index is 1090. The molecule has 8 nitrogen and oxygen atoms in total. The summed E-state index contributed by atoms with van der Waals surface area (Å²) in [5.74, 6) is -1.25. The minimum atomic E-state index is -0.626. The monoisotopic (exact) mass is 346 g/mol. The number of amides is 2. The predicted octanol–water partition coefficient (Wildman–Crippen LogP) is 2.77. The van der Waals surface area contributed by atoms with Gasteiger partial charge >= 0.3 is 0 Å². The number of nitrogens with zero attached hydrogens (tertiary/aromatic N) is 4. The average molecular weight is 346 g/mol. The SMILES string of the molecule is O=C1c2cccc3c([N+](=O)[O-])ccc(c23)C(=O)N1N=Cc1ccncc1. The highest BCUT2D eigenvalue weighted by Gasteiger charge is 2.34. The van der Waals surface area contributed by atoms with Gasteiger partial charge in [-0.2, -0.15) is 10.1 Å². The van der Waals surface area contributed by atoms with Gasteiger partial charge in [0.15, 0.2) is 0 Å². The lowest BCUT2D eigenvalue weighted by atomic mass is 9.94. The molecule has 1 aliphatic heterocycles. The fourth-order valence-corrected chi connectivity index (χ4v) is 2.91. The van der Waals surface area contributed by atoms with Crippen molar-refractivity contribution in [1.29, 1.82) is 0 Å². The number of imide groups is 1. The predicted molar refractivity (Wildman–Crippen MR) is 92.9 cm³/mol. The first-order valence-electron chi connectivity index (χ1n) is 7.61. The van der Waals surface area contributed by atoms with Gasteiger partial charge in [0.05, 0.1) is 27.7 Å². The maximum absolute atomic E-state index is 12.7. The number of hydrazone groups is 1. The number of nitro benzene ring substituents is 1. The van der Waals surface area contributed by atoms with Crippen LogP contribution < -0.4 is 0 Å².